The van der Waals surface area contributed by atoms with Crippen LogP contribution in [-0.4, -0.2) is 24.5 Å². The quantitative estimate of drug-likeness (QED) is 0.668. The summed E-state index contributed by atoms with van der Waals surface area (Å²) in [5.41, 5.74) is 2.36. The van der Waals surface area contributed by atoms with Crippen LogP contribution in [0.5, 0.6) is 0 Å². The second-order valence-corrected chi connectivity index (χ2v) is 6.19. The lowest BCUT2D eigenvalue weighted by atomic mass is 10.1. The largest absolute Gasteiger partial charge is 0.348 e. The maximum atomic E-state index is 6.06. The van der Waals surface area contributed by atoms with Gasteiger partial charge in [-0.1, -0.05) is 59.6 Å². The van der Waals surface area contributed by atoms with E-state index >= 15 is 0 Å². The van der Waals surface area contributed by atoms with Gasteiger partial charge >= 0.3 is 0 Å². The molecule has 0 radical (unpaired) electrons. The van der Waals surface area contributed by atoms with Crippen LogP contribution in [0.2, 0.25) is 10.0 Å². The maximum Gasteiger partial charge on any atom is 0.194 e. The molecule has 1 aliphatic heterocycles. The Labute approximate surface area is 163 Å². The monoisotopic (exact) mass is 461 g/mol. The molecule has 1 N–H and O–H groups in total. The Morgan fingerprint density at radius 3 is 2.57 bits per heavy atom. The van der Waals surface area contributed by atoms with Crippen molar-refractivity contribution in [1.29, 1.82) is 0 Å². The Morgan fingerprint density at radius 1 is 1.13 bits per heavy atom. The van der Waals surface area contributed by atoms with Crippen molar-refractivity contribution in [2.45, 2.75) is 12.6 Å². The molecule has 23 heavy (non-hydrogen) atoms. The summed E-state index contributed by atoms with van der Waals surface area (Å²) in [4.78, 5) is 6.69. The van der Waals surface area contributed by atoms with E-state index in [1.807, 2.05) is 31.3 Å². The summed E-state index contributed by atoms with van der Waals surface area (Å²) in [5, 5.41) is 4.63. The Kier molecular flexibility index (Phi) is 6.56. The van der Waals surface area contributed by atoms with E-state index in [1.165, 1.54) is 5.56 Å². The second kappa shape index (κ2) is 8.22. The van der Waals surface area contributed by atoms with E-state index in [-0.39, 0.29) is 30.0 Å². The number of benzene rings is 2. The van der Waals surface area contributed by atoms with Crippen LogP contribution in [0.15, 0.2) is 53.5 Å². The zero-order valence-electron chi connectivity index (χ0n) is 12.7. The zero-order valence-corrected chi connectivity index (χ0v) is 16.5. The minimum absolute atomic E-state index is 0. The van der Waals surface area contributed by atoms with Crippen LogP contribution in [0, 0.1) is 0 Å². The number of aliphatic imine (C=N–C) groups is 1. The number of nitrogens with one attached hydrogen (secondary N) is 1. The Balaban J connectivity index is 0.00000192. The first kappa shape index (κ1) is 18.4. The molecule has 3 nitrogen and oxygen atoms in total. The van der Waals surface area contributed by atoms with Gasteiger partial charge in [0.05, 0.1) is 22.6 Å². The molecule has 1 atom stereocenters. The fraction of sp³-hybridized carbons (Fsp3) is 0.235. The molecule has 0 bridgehead atoms. The van der Waals surface area contributed by atoms with Crippen LogP contribution >= 0.6 is 47.2 Å². The third-order valence-corrected chi connectivity index (χ3v) is 4.43. The van der Waals surface area contributed by atoms with E-state index in [0.29, 0.717) is 10.0 Å². The lowest BCUT2D eigenvalue weighted by molar-refractivity contribution is 0.480. The predicted octanol–water partition coefficient (Wildman–Crippen LogP) is 4.74. The number of rotatable bonds is 3. The van der Waals surface area contributed by atoms with Crippen LogP contribution in [0.25, 0.3) is 0 Å². The van der Waals surface area contributed by atoms with Crippen molar-refractivity contribution < 1.29 is 0 Å². The number of guanidine groups is 1. The first-order valence-electron chi connectivity index (χ1n) is 7.14. The van der Waals surface area contributed by atoms with Gasteiger partial charge in [0.15, 0.2) is 5.96 Å². The first-order valence-corrected chi connectivity index (χ1v) is 7.90. The molecule has 6 heteroatoms. The van der Waals surface area contributed by atoms with E-state index in [4.69, 9.17) is 23.2 Å². The van der Waals surface area contributed by atoms with Gasteiger partial charge < -0.3 is 10.2 Å². The maximum absolute atomic E-state index is 6.06. The second-order valence-electron chi connectivity index (χ2n) is 5.38. The molecule has 122 valence electrons. The topological polar surface area (TPSA) is 27.6 Å². The van der Waals surface area contributed by atoms with Crippen molar-refractivity contribution in [3.05, 3.63) is 69.7 Å². The molecule has 2 aromatic rings. The van der Waals surface area contributed by atoms with Crippen molar-refractivity contribution in [1.82, 2.24) is 10.2 Å². The van der Waals surface area contributed by atoms with Gasteiger partial charge in [0, 0.05) is 13.6 Å². The van der Waals surface area contributed by atoms with E-state index in [2.05, 4.69) is 39.5 Å². The van der Waals surface area contributed by atoms with Gasteiger partial charge in [-0.3, -0.25) is 4.99 Å². The standard InChI is InChI=1S/C17H17Cl2N3.HI/c1-22(11-12-7-8-14(18)15(19)9-12)17-20-10-16(21-17)13-5-3-2-4-6-13;/h2-9,16H,10-11H2,1H3,(H,20,21);1H. The van der Waals surface area contributed by atoms with Crippen molar-refractivity contribution in [3.63, 3.8) is 0 Å². The number of halogens is 3. The van der Waals surface area contributed by atoms with E-state index in [0.717, 1.165) is 24.6 Å². The number of hydrogen-bond acceptors (Lipinski definition) is 3. The number of hydrogen-bond donors (Lipinski definition) is 1. The van der Waals surface area contributed by atoms with Crippen LogP contribution in [0.1, 0.15) is 17.2 Å². The van der Waals surface area contributed by atoms with Gasteiger partial charge in [0.25, 0.3) is 0 Å². The van der Waals surface area contributed by atoms with Crippen LogP contribution in [0.4, 0.5) is 0 Å². The van der Waals surface area contributed by atoms with Crippen molar-refractivity contribution in [3.8, 4) is 0 Å². The van der Waals surface area contributed by atoms with Gasteiger partial charge in [0.2, 0.25) is 0 Å². The molecule has 1 unspecified atom stereocenters. The molecular weight excluding hydrogens is 444 g/mol. The van der Waals surface area contributed by atoms with Crippen molar-refractivity contribution in [2.75, 3.05) is 13.6 Å². The zero-order chi connectivity index (χ0) is 15.5. The predicted molar refractivity (Wildman–Crippen MR) is 108 cm³/mol. The molecule has 0 saturated heterocycles. The summed E-state index contributed by atoms with van der Waals surface area (Å²) in [5.74, 6) is 0.903. The molecule has 0 fully saturated rings. The van der Waals surface area contributed by atoms with E-state index in [1.54, 1.807) is 0 Å². The minimum Gasteiger partial charge on any atom is -0.348 e. The Hall–Kier alpha value is -0.980. The summed E-state index contributed by atoms with van der Waals surface area (Å²) >= 11 is 12.0. The molecule has 1 aliphatic rings. The van der Waals surface area contributed by atoms with Crippen LogP contribution < -0.4 is 5.32 Å². The lowest BCUT2D eigenvalue weighted by Gasteiger charge is -2.21. The highest BCUT2D eigenvalue weighted by Crippen LogP contribution is 2.23. The lowest BCUT2D eigenvalue weighted by Crippen LogP contribution is -2.36. The smallest absolute Gasteiger partial charge is 0.194 e. The molecule has 0 saturated carbocycles. The normalized spacial score (nSPS) is 16.3. The number of nitrogens with zero attached hydrogens (tertiary/aromatic N) is 2. The van der Waals surface area contributed by atoms with Crippen molar-refractivity contribution in [2.24, 2.45) is 4.99 Å². The first-order chi connectivity index (χ1) is 10.6. The van der Waals surface area contributed by atoms with Gasteiger partial charge in [-0.15, -0.1) is 24.0 Å². The summed E-state index contributed by atoms with van der Waals surface area (Å²) in [6.45, 7) is 1.48. The highest BCUT2D eigenvalue weighted by Gasteiger charge is 2.21. The third kappa shape index (κ3) is 4.52. The molecule has 1 heterocycles. The Bertz CT molecular complexity index is 691. The van der Waals surface area contributed by atoms with Gasteiger partial charge in [0.1, 0.15) is 0 Å². The van der Waals surface area contributed by atoms with Crippen LogP contribution in [-0.2, 0) is 6.54 Å². The molecule has 0 amide bonds. The Morgan fingerprint density at radius 2 is 1.87 bits per heavy atom. The summed E-state index contributed by atoms with van der Waals surface area (Å²) in [6, 6.07) is 16.3. The van der Waals surface area contributed by atoms with Gasteiger partial charge in [-0.05, 0) is 23.3 Å². The van der Waals surface area contributed by atoms with E-state index in [9.17, 15) is 0 Å². The van der Waals surface area contributed by atoms with Crippen LogP contribution in [0.3, 0.4) is 0 Å². The average molecular weight is 462 g/mol. The summed E-state index contributed by atoms with van der Waals surface area (Å²) in [6.07, 6.45) is 0. The van der Waals surface area contributed by atoms with Crippen molar-refractivity contribution >= 4 is 53.1 Å². The highest BCUT2D eigenvalue weighted by molar-refractivity contribution is 14.0. The average Bonchev–Trinajstić information content (AvgIpc) is 3.02. The van der Waals surface area contributed by atoms with Gasteiger partial charge in [-0.2, -0.15) is 0 Å². The SMILES string of the molecule is CN(Cc1ccc(Cl)c(Cl)c1)C1=NCC(c2ccccc2)N1.I. The molecule has 2 aromatic carbocycles. The fourth-order valence-electron chi connectivity index (χ4n) is 2.52. The molecule has 0 spiro atoms. The minimum atomic E-state index is 0. The summed E-state index contributed by atoms with van der Waals surface area (Å²) < 4.78 is 0. The fourth-order valence-corrected chi connectivity index (χ4v) is 2.84. The highest BCUT2D eigenvalue weighted by atomic mass is 127. The molecule has 0 aromatic heterocycles. The molecular formula is C17H18Cl2IN3. The van der Waals surface area contributed by atoms with E-state index < -0.39 is 0 Å². The molecule has 0 aliphatic carbocycles. The van der Waals surface area contributed by atoms with Gasteiger partial charge in [-0.25, -0.2) is 0 Å². The summed E-state index contributed by atoms with van der Waals surface area (Å²) in [7, 11) is 2.02. The molecule has 3 rings (SSSR count). The third-order valence-electron chi connectivity index (χ3n) is 3.69.